The minimum absolute atomic E-state index is 0. The van der Waals surface area contributed by atoms with Crippen LogP contribution >= 0.6 is 7.82 Å². The Hall–Kier alpha value is 0.953. The van der Waals surface area contributed by atoms with Crippen LogP contribution in [-0.2, 0) is 35.3 Å². The van der Waals surface area contributed by atoms with Gasteiger partial charge in [0.15, 0.2) is 0 Å². The second-order valence-corrected chi connectivity index (χ2v) is 5.88. The van der Waals surface area contributed by atoms with E-state index < -0.39 is 13.9 Å². The first-order valence-corrected chi connectivity index (χ1v) is 8.31. The minimum atomic E-state index is -4.69. The Labute approximate surface area is 135 Å². The third kappa shape index (κ3) is 19.0. The zero-order chi connectivity index (χ0) is 13.9. The number of aliphatic hydroxyl groups excluding tert-OH is 1. The van der Waals surface area contributed by atoms with Gasteiger partial charge in [-0.3, -0.25) is 4.57 Å². The first-order chi connectivity index (χ1) is 8.45. The number of aliphatic hydroxyl groups is 1. The Morgan fingerprint density at radius 1 is 1.11 bits per heavy atom. The fourth-order valence-electron chi connectivity index (χ4n) is 1.78. The molecule has 0 rings (SSSR count). The van der Waals surface area contributed by atoms with Crippen LogP contribution in [0.1, 0.15) is 64.7 Å². The summed E-state index contributed by atoms with van der Waals surface area (Å²) >= 11 is 0. The maximum atomic E-state index is 10.3. The molecule has 0 aliphatic rings. The van der Waals surface area contributed by atoms with Crippen molar-refractivity contribution in [2.24, 2.45) is 0 Å². The second-order valence-electron chi connectivity index (χ2n) is 4.68. The predicted molar refractivity (Wildman–Crippen MR) is 69.0 cm³/mol. The molecule has 0 heterocycles. The van der Waals surface area contributed by atoms with Crippen molar-refractivity contribution in [1.82, 2.24) is 0 Å². The predicted octanol–water partition coefficient (Wildman–Crippen LogP) is 2.35. The van der Waals surface area contributed by atoms with E-state index in [0.29, 0.717) is 6.42 Å². The number of hydrogen-bond acceptors (Lipinski definition) is 4. The summed E-state index contributed by atoms with van der Waals surface area (Å²) in [6.45, 7) is 1.84. The quantitative estimate of drug-likeness (QED) is 0.405. The Morgan fingerprint density at radius 2 is 1.58 bits per heavy atom. The van der Waals surface area contributed by atoms with Gasteiger partial charge in [-0.15, -0.1) is 0 Å². The molecule has 2 N–H and O–H groups in total. The van der Waals surface area contributed by atoms with Gasteiger partial charge in [-0.1, -0.05) is 58.3 Å². The van der Waals surface area contributed by atoms with Gasteiger partial charge >= 0.3 is 0 Å². The Kier molecular flexibility index (Phi) is 16.3. The zero-order valence-corrected chi connectivity index (χ0v) is 15.1. The van der Waals surface area contributed by atoms with E-state index in [1.54, 1.807) is 0 Å². The van der Waals surface area contributed by atoms with Crippen LogP contribution < -0.4 is 4.89 Å². The molecule has 0 spiro atoms. The summed E-state index contributed by atoms with van der Waals surface area (Å²) in [6.07, 6.45) is 9.06. The van der Waals surface area contributed by atoms with Crippen LogP contribution in [0.25, 0.3) is 0 Å². The fourth-order valence-corrected chi connectivity index (χ4v) is 2.14. The summed E-state index contributed by atoms with van der Waals surface area (Å²) in [5.41, 5.74) is 0. The SMILES string of the molecule is CCCCCCCCCCC(O)COP(=O)([O-])O.[Zr]. The van der Waals surface area contributed by atoms with Gasteiger partial charge in [0, 0.05) is 26.2 Å². The van der Waals surface area contributed by atoms with Crippen LogP contribution in [-0.4, -0.2) is 22.7 Å². The molecule has 114 valence electrons. The van der Waals surface area contributed by atoms with E-state index in [2.05, 4.69) is 11.4 Å². The van der Waals surface area contributed by atoms with Crippen molar-refractivity contribution in [2.45, 2.75) is 70.8 Å². The number of hydrogen-bond donors (Lipinski definition) is 2. The number of unbranched alkanes of at least 4 members (excludes halogenated alkanes) is 7. The summed E-state index contributed by atoms with van der Waals surface area (Å²) in [7, 11) is -4.69. The average Bonchev–Trinajstić information content (AvgIpc) is 2.29. The second kappa shape index (κ2) is 13.9. The molecule has 2 unspecified atom stereocenters. The molecule has 0 aliphatic carbocycles. The van der Waals surface area contributed by atoms with Gasteiger partial charge < -0.3 is 19.4 Å². The van der Waals surface area contributed by atoms with Crippen molar-refractivity contribution in [1.29, 1.82) is 0 Å². The van der Waals surface area contributed by atoms with Crippen LogP contribution in [0.4, 0.5) is 0 Å². The summed E-state index contributed by atoms with van der Waals surface area (Å²) in [5, 5.41) is 9.39. The van der Waals surface area contributed by atoms with E-state index in [9.17, 15) is 14.6 Å². The monoisotopic (exact) mass is 371 g/mol. The van der Waals surface area contributed by atoms with Crippen LogP contribution in [0.2, 0.25) is 0 Å². The molecule has 0 saturated carbocycles. The van der Waals surface area contributed by atoms with Crippen molar-refractivity contribution < 1.29 is 50.2 Å². The molecular weight excluding hydrogens is 346 g/mol. The Balaban J connectivity index is 0. The third-order valence-electron chi connectivity index (χ3n) is 2.82. The van der Waals surface area contributed by atoms with Gasteiger partial charge in [-0.25, -0.2) is 0 Å². The molecular formula is C12H26O5PZr-. The van der Waals surface area contributed by atoms with Gasteiger partial charge in [-0.05, 0) is 6.42 Å². The molecule has 2 atom stereocenters. The molecule has 0 aromatic heterocycles. The molecule has 0 aromatic rings. The average molecular weight is 373 g/mol. The molecule has 0 aliphatic heterocycles. The normalized spacial score (nSPS) is 15.6. The smallest absolute Gasteiger partial charge is 0.265 e. The molecule has 0 aromatic carbocycles. The van der Waals surface area contributed by atoms with Gasteiger partial charge in [0.25, 0.3) is 7.82 Å². The van der Waals surface area contributed by atoms with E-state index in [0.717, 1.165) is 19.3 Å². The van der Waals surface area contributed by atoms with Crippen LogP contribution in [0.5, 0.6) is 0 Å². The van der Waals surface area contributed by atoms with Crippen LogP contribution in [0.15, 0.2) is 0 Å². The number of rotatable bonds is 12. The van der Waals surface area contributed by atoms with Gasteiger partial charge in [-0.2, -0.15) is 0 Å². The van der Waals surface area contributed by atoms with E-state index >= 15 is 0 Å². The number of phosphoric acid groups is 1. The molecule has 0 fully saturated rings. The zero-order valence-electron chi connectivity index (χ0n) is 11.7. The topological polar surface area (TPSA) is 89.8 Å². The van der Waals surface area contributed by atoms with E-state index in [-0.39, 0.29) is 32.8 Å². The van der Waals surface area contributed by atoms with Gasteiger partial charge in [0.05, 0.1) is 12.7 Å². The van der Waals surface area contributed by atoms with Gasteiger partial charge in [0.1, 0.15) is 0 Å². The van der Waals surface area contributed by atoms with Crippen molar-refractivity contribution in [3.8, 4) is 0 Å². The molecule has 7 heteroatoms. The first kappa shape index (κ1) is 22.2. The molecule has 19 heavy (non-hydrogen) atoms. The van der Waals surface area contributed by atoms with Gasteiger partial charge in [0.2, 0.25) is 0 Å². The Bertz CT molecular complexity index is 234. The maximum absolute atomic E-state index is 10.3. The molecule has 0 radical (unpaired) electrons. The largest absolute Gasteiger partial charge is 0.756 e. The van der Waals surface area contributed by atoms with Crippen molar-refractivity contribution in [3.05, 3.63) is 0 Å². The number of phosphoric ester groups is 1. The molecule has 0 amide bonds. The van der Waals surface area contributed by atoms with Crippen molar-refractivity contribution in [3.63, 3.8) is 0 Å². The summed E-state index contributed by atoms with van der Waals surface area (Å²) in [4.78, 5) is 18.6. The third-order valence-corrected chi connectivity index (χ3v) is 3.30. The van der Waals surface area contributed by atoms with E-state index in [1.165, 1.54) is 32.1 Å². The minimum Gasteiger partial charge on any atom is -0.756 e. The summed E-state index contributed by atoms with van der Waals surface area (Å²) in [6, 6.07) is 0. The van der Waals surface area contributed by atoms with Crippen molar-refractivity contribution in [2.75, 3.05) is 6.61 Å². The molecule has 5 nitrogen and oxygen atoms in total. The van der Waals surface area contributed by atoms with Crippen LogP contribution in [0, 0.1) is 0 Å². The first-order valence-electron chi connectivity index (χ1n) is 6.82. The van der Waals surface area contributed by atoms with E-state index in [4.69, 9.17) is 4.89 Å². The summed E-state index contributed by atoms with van der Waals surface area (Å²) in [5.74, 6) is 0. The van der Waals surface area contributed by atoms with Crippen LogP contribution in [0.3, 0.4) is 0 Å². The summed E-state index contributed by atoms with van der Waals surface area (Å²) < 4.78 is 14.4. The van der Waals surface area contributed by atoms with E-state index in [1.807, 2.05) is 0 Å². The molecule has 0 saturated heterocycles. The molecule has 0 bridgehead atoms. The fraction of sp³-hybridized carbons (Fsp3) is 1.00. The Morgan fingerprint density at radius 3 is 2.05 bits per heavy atom. The maximum Gasteiger partial charge on any atom is 0.265 e. The standard InChI is InChI=1S/C12H27O5P.Zr/c1-2-3-4-5-6-7-8-9-10-12(13)11-17-18(14,15)16;/h12-13H,2-11H2,1H3,(H2,14,15,16);/p-1. The van der Waals surface area contributed by atoms with Crippen molar-refractivity contribution >= 4 is 7.82 Å².